The van der Waals surface area contributed by atoms with Gasteiger partial charge in [-0.05, 0) is 38.5 Å². The normalized spacial score (nSPS) is 13.2. The van der Waals surface area contributed by atoms with Crippen molar-refractivity contribution in [2.45, 2.75) is 39.0 Å². The van der Waals surface area contributed by atoms with Gasteiger partial charge in [-0.3, -0.25) is 4.79 Å². The molecule has 0 saturated carbocycles. The molecule has 1 aromatic rings. The number of amides is 1. The first-order chi connectivity index (χ1) is 7.86. The quantitative estimate of drug-likeness (QED) is 0.731. The van der Waals surface area contributed by atoms with E-state index in [0.29, 0.717) is 12.1 Å². The molecule has 17 heavy (non-hydrogen) atoms. The number of aliphatic hydroxyl groups is 1. The Hall–Kier alpha value is -1.39. The molecule has 1 unspecified atom stereocenters. The third-order valence-electron chi connectivity index (χ3n) is 2.93. The lowest BCUT2D eigenvalue weighted by molar-refractivity contribution is 0.0709. The van der Waals surface area contributed by atoms with Gasteiger partial charge in [-0.25, -0.2) is 0 Å². The van der Waals surface area contributed by atoms with E-state index in [4.69, 9.17) is 5.73 Å². The Morgan fingerprint density at radius 1 is 1.41 bits per heavy atom. The van der Waals surface area contributed by atoms with E-state index in [1.54, 1.807) is 32.9 Å². The third-order valence-corrected chi connectivity index (χ3v) is 2.93. The highest BCUT2D eigenvalue weighted by Gasteiger charge is 2.26. The van der Waals surface area contributed by atoms with Crippen LogP contribution < -0.4 is 11.1 Å². The number of benzene rings is 1. The van der Waals surface area contributed by atoms with Crippen molar-refractivity contribution in [3.63, 3.8) is 0 Å². The molecule has 1 atom stereocenters. The second kappa shape index (κ2) is 5.29. The van der Waals surface area contributed by atoms with Gasteiger partial charge >= 0.3 is 0 Å². The molecule has 94 valence electrons. The Morgan fingerprint density at radius 2 is 1.94 bits per heavy atom. The first-order valence-electron chi connectivity index (χ1n) is 5.66. The third kappa shape index (κ3) is 3.54. The molecule has 0 radical (unpaired) electrons. The Balaban J connectivity index is 2.76. The van der Waals surface area contributed by atoms with Crippen molar-refractivity contribution in [2.75, 3.05) is 0 Å². The average molecular weight is 236 g/mol. The molecule has 0 saturated heterocycles. The van der Waals surface area contributed by atoms with Gasteiger partial charge in [0.15, 0.2) is 0 Å². The summed E-state index contributed by atoms with van der Waals surface area (Å²) in [7, 11) is 0. The molecule has 1 rings (SSSR count). The van der Waals surface area contributed by atoms with Gasteiger partial charge in [0.25, 0.3) is 5.91 Å². The van der Waals surface area contributed by atoms with Crippen LogP contribution >= 0.6 is 0 Å². The van der Waals surface area contributed by atoms with Gasteiger partial charge in [0.1, 0.15) is 0 Å². The van der Waals surface area contributed by atoms with Crippen LogP contribution in [0.5, 0.6) is 0 Å². The highest BCUT2D eigenvalue weighted by molar-refractivity contribution is 5.94. The lowest BCUT2D eigenvalue weighted by Crippen LogP contribution is -2.50. The maximum atomic E-state index is 11.9. The summed E-state index contributed by atoms with van der Waals surface area (Å²) >= 11 is 0. The Morgan fingerprint density at radius 3 is 2.35 bits per heavy atom. The summed E-state index contributed by atoms with van der Waals surface area (Å²) in [5, 5.41) is 12.3. The number of nitrogens with two attached hydrogens (primary N) is 1. The van der Waals surface area contributed by atoms with E-state index in [2.05, 4.69) is 5.32 Å². The minimum Gasteiger partial charge on any atom is -0.391 e. The maximum Gasteiger partial charge on any atom is 0.251 e. The lowest BCUT2D eigenvalue weighted by Gasteiger charge is -2.29. The molecule has 0 spiro atoms. The molecule has 4 nitrogen and oxygen atoms in total. The van der Waals surface area contributed by atoms with Gasteiger partial charge in [-0.2, -0.15) is 0 Å². The Kier molecular flexibility index (Phi) is 4.26. The van der Waals surface area contributed by atoms with Gasteiger partial charge in [0.2, 0.25) is 0 Å². The fourth-order valence-electron chi connectivity index (χ4n) is 1.26. The predicted molar refractivity (Wildman–Crippen MR) is 67.6 cm³/mol. The summed E-state index contributed by atoms with van der Waals surface area (Å²) in [6.07, 6.45) is -0.616. The second-order valence-electron chi connectivity index (χ2n) is 4.75. The summed E-state index contributed by atoms with van der Waals surface area (Å²) in [4.78, 5) is 11.9. The smallest absolute Gasteiger partial charge is 0.251 e. The number of hydrogen-bond donors (Lipinski definition) is 3. The van der Waals surface area contributed by atoms with Crippen molar-refractivity contribution in [3.05, 3.63) is 35.4 Å². The molecule has 4 heteroatoms. The van der Waals surface area contributed by atoms with Crippen molar-refractivity contribution in [1.82, 2.24) is 5.32 Å². The number of carbonyl (C=O) groups is 1. The summed E-state index contributed by atoms with van der Waals surface area (Å²) in [5.74, 6) is -0.195. The summed E-state index contributed by atoms with van der Waals surface area (Å²) in [6, 6.07) is 7.11. The number of rotatable bonds is 4. The van der Waals surface area contributed by atoms with Crippen molar-refractivity contribution < 1.29 is 9.90 Å². The van der Waals surface area contributed by atoms with Crippen molar-refractivity contribution in [2.24, 2.45) is 5.73 Å². The first-order valence-corrected chi connectivity index (χ1v) is 5.66. The number of aliphatic hydroxyl groups excluding tert-OH is 1. The van der Waals surface area contributed by atoms with E-state index in [1.165, 1.54) is 0 Å². The molecule has 0 aliphatic rings. The lowest BCUT2D eigenvalue weighted by atomic mass is 9.98. The largest absolute Gasteiger partial charge is 0.391 e. The van der Waals surface area contributed by atoms with Gasteiger partial charge in [-0.1, -0.05) is 12.1 Å². The molecular formula is C13H20N2O2. The van der Waals surface area contributed by atoms with Crippen molar-refractivity contribution >= 4 is 5.91 Å². The van der Waals surface area contributed by atoms with Gasteiger partial charge in [-0.15, -0.1) is 0 Å². The standard InChI is InChI=1S/C13H20N2O2/c1-9(16)13(2,3)15-12(17)11-6-4-10(8-14)5-7-11/h4-7,9,16H,8,14H2,1-3H3,(H,15,17). The zero-order chi connectivity index (χ0) is 13.1. The zero-order valence-electron chi connectivity index (χ0n) is 10.5. The monoisotopic (exact) mass is 236 g/mol. The highest BCUT2D eigenvalue weighted by atomic mass is 16.3. The van der Waals surface area contributed by atoms with Crippen molar-refractivity contribution in [3.8, 4) is 0 Å². The molecule has 1 aromatic carbocycles. The minimum absolute atomic E-state index is 0.195. The van der Waals surface area contributed by atoms with Crippen LogP contribution in [0.4, 0.5) is 0 Å². The van der Waals surface area contributed by atoms with Gasteiger partial charge < -0.3 is 16.2 Å². The fourth-order valence-corrected chi connectivity index (χ4v) is 1.26. The number of carbonyl (C=O) groups excluding carboxylic acids is 1. The van der Waals surface area contributed by atoms with Crippen LogP contribution in [0.25, 0.3) is 0 Å². The molecule has 0 bridgehead atoms. The van der Waals surface area contributed by atoms with E-state index in [9.17, 15) is 9.90 Å². The SMILES string of the molecule is CC(O)C(C)(C)NC(=O)c1ccc(CN)cc1. The zero-order valence-corrected chi connectivity index (χ0v) is 10.5. The molecular weight excluding hydrogens is 216 g/mol. The van der Waals surface area contributed by atoms with Crippen LogP contribution in [0.1, 0.15) is 36.7 Å². The average Bonchev–Trinajstić information content (AvgIpc) is 2.28. The van der Waals surface area contributed by atoms with E-state index < -0.39 is 11.6 Å². The van der Waals surface area contributed by atoms with E-state index in [-0.39, 0.29) is 5.91 Å². The van der Waals surface area contributed by atoms with Crippen LogP contribution in [-0.4, -0.2) is 22.7 Å². The number of nitrogens with one attached hydrogen (secondary N) is 1. The van der Waals surface area contributed by atoms with E-state index in [1.807, 2.05) is 12.1 Å². The van der Waals surface area contributed by atoms with Crippen LogP contribution in [0.2, 0.25) is 0 Å². The van der Waals surface area contributed by atoms with E-state index in [0.717, 1.165) is 5.56 Å². The predicted octanol–water partition coefficient (Wildman–Crippen LogP) is 1.03. The van der Waals surface area contributed by atoms with Crippen LogP contribution in [-0.2, 0) is 6.54 Å². The van der Waals surface area contributed by atoms with Gasteiger partial charge in [0, 0.05) is 12.1 Å². The molecule has 0 heterocycles. The minimum atomic E-state index is -0.649. The number of hydrogen-bond acceptors (Lipinski definition) is 3. The Labute approximate surface area is 102 Å². The molecule has 4 N–H and O–H groups in total. The summed E-state index contributed by atoms with van der Waals surface area (Å²) < 4.78 is 0. The maximum absolute atomic E-state index is 11.9. The summed E-state index contributed by atoms with van der Waals surface area (Å²) in [6.45, 7) is 5.67. The van der Waals surface area contributed by atoms with Gasteiger partial charge in [0.05, 0.1) is 11.6 Å². The van der Waals surface area contributed by atoms with E-state index >= 15 is 0 Å². The second-order valence-corrected chi connectivity index (χ2v) is 4.75. The first kappa shape index (κ1) is 13.7. The topological polar surface area (TPSA) is 75.3 Å². The van der Waals surface area contributed by atoms with Crippen LogP contribution in [0.3, 0.4) is 0 Å². The molecule has 0 fully saturated rings. The molecule has 0 aliphatic carbocycles. The summed E-state index contributed by atoms with van der Waals surface area (Å²) in [5.41, 5.74) is 6.38. The molecule has 1 amide bonds. The Bertz CT molecular complexity index is 383. The highest BCUT2D eigenvalue weighted by Crippen LogP contribution is 2.11. The fraction of sp³-hybridized carbons (Fsp3) is 0.462. The van der Waals surface area contributed by atoms with Crippen molar-refractivity contribution in [1.29, 1.82) is 0 Å². The van der Waals surface area contributed by atoms with Crippen LogP contribution in [0, 0.1) is 0 Å². The molecule has 0 aliphatic heterocycles. The molecule has 0 aromatic heterocycles. The van der Waals surface area contributed by atoms with Crippen LogP contribution in [0.15, 0.2) is 24.3 Å².